The van der Waals surface area contributed by atoms with Gasteiger partial charge in [0.25, 0.3) is 11.8 Å². The van der Waals surface area contributed by atoms with Crippen molar-refractivity contribution in [3.8, 4) is 17.5 Å². The normalized spacial score (nSPS) is 12.1. The third-order valence-corrected chi connectivity index (χ3v) is 5.86. The van der Waals surface area contributed by atoms with Crippen LogP contribution in [0.2, 0.25) is 0 Å². The van der Waals surface area contributed by atoms with Crippen molar-refractivity contribution in [2.75, 3.05) is 18.5 Å². The molecule has 1 amide bonds. The summed E-state index contributed by atoms with van der Waals surface area (Å²) in [5.74, 6) is -0.851. The molecule has 37 heavy (non-hydrogen) atoms. The van der Waals surface area contributed by atoms with Gasteiger partial charge in [-0.3, -0.25) is 9.59 Å². The Labute approximate surface area is 217 Å². The molecule has 0 aliphatic carbocycles. The van der Waals surface area contributed by atoms with Crippen LogP contribution in [-0.4, -0.2) is 46.4 Å². The average molecular weight is 509 g/mol. The minimum atomic E-state index is -0.952. The second kappa shape index (κ2) is 12.9. The molecule has 3 N–H and O–H groups in total. The lowest BCUT2D eigenvalue weighted by molar-refractivity contribution is -0.136. The lowest BCUT2D eigenvalue weighted by atomic mass is 9.87. The maximum Gasteiger partial charge on any atom is 0.414 e. The lowest BCUT2D eigenvalue weighted by Crippen LogP contribution is -2.27. The van der Waals surface area contributed by atoms with Crippen LogP contribution in [0.15, 0.2) is 52.9 Å². The number of carboxylic acid groups (broad SMARTS) is 1. The van der Waals surface area contributed by atoms with Gasteiger partial charge in [0.2, 0.25) is 0 Å². The summed E-state index contributed by atoms with van der Waals surface area (Å²) in [6, 6.07) is 15.1. The van der Waals surface area contributed by atoms with E-state index in [4.69, 9.17) is 14.3 Å². The highest BCUT2D eigenvalue weighted by Gasteiger charge is 2.17. The molecule has 1 aromatic heterocycles. The topological polar surface area (TPSA) is 127 Å². The zero-order chi connectivity index (χ0) is 26.8. The van der Waals surface area contributed by atoms with E-state index in [0.717, 1.165) is 30.5 Å². The Kier molecular flexibility index (Phi) is 9.65. The SMILES string of the molecule is CCCCC(COc1nnc(-c2ccc(C(C)(C)C)cc2)o1)Nc1ccc(C(=O)NCCC(=O)O)cc1. The van der Waals surface area contributed by atoms with Crippen molar-refractivity contribution in [1.29, 1.82) is 0 Å². The second-order valence-electron chi connectivity index (χ2n) is 9.97. The summed E-state index contributed by atoms with van der Waals surface area (Å²) in [7, 11) is 0. The van der Waals surface area contributed by atoms with Crippen LogP contribution in [0.3, 0.4) is 0 Å². The van der Waals surface area contributed by atoms with Gasteiger partial charge in [0, 0.05) is 23.4 Å². The Morgan fingerprint density at radius 2 is 1.76 bits per heavy atom. The van der Waals surface area contributed by atoms with Crippen molar-refractivity contribution in [2.45, 2.75) is 64.8 Å². The van der Waals surface area contributed by atoms with Gasteiger partial charge in [0.15, 0.2) is 0 Å². The van der Waals surface area contributed by atoms with Crippen LogP contribution in [0.4, 0.5) is 5.69 Å². The summed E-state index contributed by atoms with van der Waals surface area (Å²) in [5, 5.41) is 22.9. The van der Waals surface area contributed by atoms with E-state index in [0.29, 0.717) is 18.1 Å². The van der Waals surface area contributed by atoms with Crippen LogP contribution in [0.5, 0.6) is 6.08 Å². The highest BCUT2D eigenvalue weighted by Crippen LogP contribution is 2.26. The van der Waals surface area contributed by atoms with Gasteiger partial charge in [-0.05, 0) is 53.8 Å². The number of amides is 1. The number of ether oxygens (including phenoxy) is 1. The molecule has 0 aliphatic rings. The average Bonchev–Trinajstić information content (AvgIpc) is 3.34. The summed E-state index contributed by atoms with van der Waals surface area (Å²) in [5.41, 5.74) is 3.44. The molecule has 9 heteroatoms. The number of rotatable bonds is 13. The van der Waals surface area contributed by atoms with E-state index in [1.807, 2.05) is 24.3 Å². The first kappa shape index (κ1) is 27.7. The summed E-state index contributed by atoms with van der Waals surface area (Å²) < 4.78 is 11.6. The molecule has 3 rings (SSSR count). The van der Waals surface area contributed by atoms with E-state index in [1.54, 1.807) is 12.1 Å². The number of nitrogens with zero attached hydrogens (tertiary/aromatic N) is 2. The molecule has 198 valence electrons. The van der Waals surface area contributed by atoms with Crippen LogP contribution >= 0.6 is 0 Å². The molecule has 0 spiro atoms. The first-order valence-electron chi connectivity index (χ1n) is 12.6. The number of carbonyl (C=O) groups excluding carboxylic acids is 1. The monoisotopic (exact) mass is 508 g/mol. The van der Waals surface area contributed by atoms with E-state index in [1.165, 1.54) is 5.56 Å². The molecule has 1 heterocycles. The van der Waals surface area contributed by atoms with Crippen molar-refractivity contribution < 1.29 is 23.8 Å². The van der Waals surface area contributed by atoms with Gasteiger partial charge in [0.1, 0.15) is 6.61 Å². The molecule has 0 radical (unpaired) electrons. The number of nitrogens with one attached hydrogen (secondary N) is 2. The van der Waals surface area contributed by atoms with Crippen molar-refractivity contribution in [3.05, 3.63) is 59.7 Å². The molecule has 0 bridgehead atoms. The Morgan fingerprint density at radius 3 is 2.38 bits per heavy atom. The molecule has 3 aromatic rings. The van der Waals surface area contributed by atoms with Crippen LogP contribution in [-0.2, 0) is 10.2 Å². The summed E-state index contributed by atoms with van der Waals surface area (Å²) in [4.78, 5) is 22.8. The van der Waals surface area contributed by atoms with Gasteiger partial charge in [-0.25, -0.2) is 0 Å². The molecule has 0 fully saturated rings. The van der Waals surface area contributed by atoms with Crippen molar-refractivity contribution >= 4 is 17.6 Å². The largest absolute Gasteiger partial charge is 0.481 e. The maximum absolute atomic E-state index is 12.2. The smallest absolute Gasteiger partial charge is 0.414 e. The number of benzene rings is 2. The van der Waals surface area contributed by atoms with Crippen LogP contribution in [0.25, 0.3) is 11.5 Å². The van der Waals surface area contributed by atoms with Crippen molar-refractivity contribution in [2.24, 2.45) is 0 Å². The van der Waals surface area contributed by atoms with Gasteiger partial charge >= 0.3 is 12.0 Å². The highest BCUT2D eigenvalue weighted by molar-refractivity contribution is 5.94. The molecule has 0 saturated carbocycles. The standard InChI is InChI=1S/C28H36N4O5/c1-5-6-7-23(30-22-14-10-19(11-15-22)25(35)29-17-16-24(33)34)18-36-27-32-31-26(37-27)20-8-12-21(13-9-20)28(2,3)4/h8-15,23,30H,5-7,16-18H2,1-4H3,(H,29,35)(H,33,34). The van der Waals surface area contributed by atoms with E-state index in [9.17, 15) is 9.59 Å². The summed E-state index contributed by atoms with van der Waals surface area (Å²) in [6.45, 7) is 9.05. The molecule has 1 unspecified atom stereocenters. The fourth-order valence-corrected chi connectivity index (χ4v) is 3.66. The van der Waals surface area contributed by atoms with Gasteiger partial charge in [0.05, 0.1) is 12.5 Å². The fourth-order valence-electron chi connectivity index (χ4n) is 3.66. The van der Waals surface area contributed by atoms with Crippen LogP contribution in [0.1, 0.15) is 69.3 Å². The minimum absolute atomic E-state index is 0.00314. The van der Waals surface area contributed by atoms with Gasteiger partial charge in [-0.1, -0.05) is 57.8 Å². The number of hydrogen-bond donors (Lipinski definition) is 3. The molecule has 2 aromatic carbocycles. The third kappa shape index (κ3) is 8.63. The molecule has 0 aliphatic heterocycles. The Bertz CT molecular complexity index is 1150. The maximum atomic E-state index is 12.2. The number of aliphatic carboxylic acids is 1. The molecule has 0 saturated heterocycles. The van der Waals surface area contributed by atoms with Gasteiger partial charge in [-0.15, -0.1) is 5.10 Å². The van der Waals surface area contributed by atoms with Gasteiger partial charge < -0.3 is 24.9 Å². The number of unbranched alkanes of at least 4 members (excludes halogenated alkanes) is 1. The Hall–Kier alpha value is -3.88. The molecule has 9 nitrogen and oxygen atoms in total. The predicted molar refractivity (Wildman–Crippen MR) is 142 cm³/mol. The first-order chi connectivity index (χ1) is 17.7. The predicted octanol–water partition coefficient (Wildman–Crippen LogP) is 5.29. The van der Waals surface area contributed by atoms with Crippen molar-refractivity contribution in [3.63, 3.8) is 0 Å². The summed E-state index contributed by atoms with van der Waals surface area (Å²) >= 11 is 0. The molecular weight excluding hydrogens is 472 g/mol. The number of aromatic nitrogens is 2. The minimum Gasteiger partial charge on any atom is -0.481 e. The Balaban J connectivity index is 1.57. The fraction of sp³-hybridized carbons (Fsp3) is 0.429. The lowest BCUT2D eigenvalue weighted by Gasteiger charge is -2.19. The molecule has 1 atom stereocenters. The number of hydrogen-bond acceptors (Lipinski definition) is 7. The van der Waals surface area contributed by atoms with Crippen LogP contribution < -0.4 is 15.4 Å². The highest BCUT2D eigenvalue weighted by atomic mass is 16.6. The van der Waals surface area contributed by atoms with E-state index < -0.39 is 5.97 Å². The zero-order valence-corrected chi connectivity index (χ0v) is 21.9. The first-order valence-corrected chi connectivity index (χ1v) is 12.6. The third-order valence-electron chi connectivity index (χ3n) is 5.86. The number of carboxylic acids is 1. The second-order valence-corrected chi connectivity index (χ2v) is 9.97. The van der Waals surface area contributed by atoms with Gasteiger partial charge in [-0.2, -0.15) is 0 Å². The van der Waals surface area contributed by atoms with E-state index in [-0.39, 0.29) is 36.4 Å². The van der Waals surface area contributed by atoms with Crippen molar-refractivity contribution in [1.82, 2.24) is 15.5 Å². The zero-order valence-electron chi connectivity index (χ0n) is 21.9. The Morgan fingerprint density at radius 1 is 1.05 bits per heavy atom. The number of carbonyl (C=O) groups is 2. The van der Waals surface area contributed by atoms with E-state index >= 15 is 0 Å². The summed E-state index contributed by atoms with van der Waals surface area (Å²) in [6.07, 6.45) is 2.94. The number of anilines is 1. The van der Waals surface area contributed by atoms with E-state index in [2.05, 4.69) is 60.7 Å². The quantitative estimate of drug-likeness (QED) is 0.284. The molecular formula is C28H36N4O5. The van der Waals surface area contributed by atoms with Crippen LogP contribution in [0, 0.1) is 0 Å².